The predicted octanol–water partition coefficient (Wildman–Crippen LogP) is 3.41. The molecule has 0 unspecified atom stereocenters. The Morgan fingerprint density at radius 1 is 1.27 bits per heavy atom. The quantitative estimate of drug-likeness (QED) is 0.262. The number of hydrogen-bond acceptors (Lipinski definition) is 3. The largest absolute Gasteiger partial charge is 0.467 e. The van der Waals surface area contributed by atoms with Gasteiger partial charge < -0.3 is 19.8 Å². The normalized spacial score (nSPS) is 11.4. The van der Waals surface area contributed by atoms with Gasteiger partial charge in [0.25, 0.3) is 0 Å². The number of guanidine groups is 1. The molecule has 1 aromatic heterocycles. The lowest BCUT2D eigenvalue weighted by molar-refractivity contribution is 0.105. The fourth-order valence-corrected chi connectivity index (χ4v) is 1.89. The van der Waals surface area contributed by atoms with Crippen LogP contribution in [0.5, 0.6) is 0 Å². The van der Waals surface area contributed by atoms with E-state index in [-0.39, 0.29) is 24.0 Å². The van der Waals surface area contributed by atoms with Crippen molar-refractivity contribution in [3.8, 4) is 0 Å². The first-order chi connectivity index (χ1) is 10.2. The summed E-state index contributed by atoms with van der Waals surface area (Å²) in [4.78, 5) is 4.20. The van der Waals surface area contributed by atoms with Gasteiger partial charge in [0.05, 0.1) is 6.26 Å². The van der Waals surface area contributed by atoms with Crippen molar-refractivity contribution < 1.29 is 9.15 Å². The number of ether oxygens (including phenoxy) is 1. The molecule has 1 rings (SSSR count). The summed E-state index contributed by atoms with van der Waals surface area (Å²) in [5, 5.41) is 6.61. The second kappa shape index (κ2) is 13.9. The van der Waals surface area contributed by atoms with Crippen molar-refractivity contribution in [3.05, 3.63) is 24.2 Å². The molecule has 0 aromatic carbocycles. The standard InChI is InChI=1S/C16H29N3O2.HI/c1-14(2)7-4-9-18-16(17-3)19-10-6-11-20-13-15-8-5-12-21-15;/h5,8,12,14H,4,6-7,9-11,13H2,1-3H3,(H2,17,18,19);1H. The van der Waals surface area contributed by atoms with Gasteiger partial charge >= 0.3 is 0 Å². The molecule has 0 spiro atoms. The molecular formula is C16H30IN3O2. The van der Waals surface area contributed by atoms with E-state index in [2.05, 4.69) is 29.5 Å². The van der Waals surface area contributed by atoms with Crippen molar-refractivity contribution in [2.75, 3.05) is 26.7 Å². The molecule has 128 valence electrons. The number of hydrogen-bond donors (Lipinski definition) is 2. The third-order valence-corrected chi connectivity index (χ3v) is 3.06. The highest BCUT2D eigenvalue weighted by Gasteiger charge is 1.99. The van der Waals surface area contributed by atoms with Crippen LogP contribution in [-0.4, -0.2) is 32.7 Å². The summed E-state index contributed by atoms with van der Waals surface area (Å²) in [5.74, 6) is 2.49. The zero-order valence-electron chi connectivity index (χ0n) is 13.9. The molecule has 0 aliphatic rings. The van der Waals surface area contributed by atoms with Gasteiger partial charge in [0, 0.05) is 26.7 Å². The lowest BCUT2D eigenvalue weighted by Gasteiger charge is -2.12. The smallest absolute Gasteiger partial charge is 0.190 e. The molecule has 1 heterocycles. The summed E-state index contributed by atoms with van der Waals surface area (Å²) >= 11 is 0. The maximum atomic E-state index is 5.52. The zero-order valence-corrected chi connectivity index (χ0v) is 16.3. The summed E-state index contributed by atoms with van der Waals surface area (Å²) in [6.07, 6.45) is 5.01. The van der Waals surface area contributed by atoms with Gasteiger partial charge in [-0.3, -0.25) is 4.99 Å². The summed E-state index contributed by atoms with van der Waals surface area (Å²) in [6.45, 7) is 7.55. The van der Waals surface area contributed by atoms with Crippen LogP contribution in [0.2, 0.25) is 0 Å². The van der Waals surface area contributed by atoms with Gasteiger partial charge in [-0.2, -0.15) is 0 Å². The number of nitrogens with zero attached hydrogens (tertiary/aromatic N) is 1. The van der Waals surface area contributed by atoms with Crippen LogP contribution < -0.4 is 10.6 Å². The second-order valence-corrected chi connectivity index (χ2v) is 5.45. The summed E-state index contributed by atoms with van der Waals surface area (Å²) in [5.41, 5.74) is 0. The van der Waals surface area contributed by atoms with Crippen molar-refractivity contribution in [3.63, 3.8) is 0 Å². The number of halogens is 1. The number of nitrogens with one attached hydrogen (secondary N) is 2. The van der Waals surface area contributed by atoms with Crippen LogP contribution in [0.4, 0.5) is 0 Å². The lowest BCUT2D eigenvalue weighted by Crippen LogP contribution is -2.38. The first-order valence-corrected chi connectivity index (χ1v) is 7.77. The minimum Gasteiger partial charge on any atom is -0.467 e. The van der Waals surface area contributed by atoms with E-state index >= 15 is 0 Å². The molecule has 1 aromatic rings. The molecule has 0 amide bonds. The van der Waals surface area contributed by atoms with Gasteiger partial charge in [0.2, 0.25) is 0 Å². The van der Waals surface area contributed by atoms with Crippen molar-refractivity contribution in [1.82, 2.24) is 10.6 Å². The van der Waals surface area contributed by atoms with Gasteiger partial charge in [-0.15, -0.1) is 24.0 Å². The SMILES string of the molecule is CN=C(NCCCOCc1ccco1)NCCCC(C)C.I. The number of aliphatic imine (C=N–C) groups is 1. The maximum absolute atomic E-state index is 5.52. The van der Waals surface area contributed by atoms with Crippen LogP contribution in [0.15, 0.2) is 27.8 Å². The minimum atomic E-state index is 0. The predicted molar refractivity (Wildman–Crippen MR) is 102 cm³/mol. The van der Waals surface area contributed by atoms with E-state index in [1.807, 2.05) is 12.1 Å². The van der Waals surface area contributed by atoms with Crippen LogP contribution in [0.3, 0.4) is 0 Å². The molecular weight excluding hydrogens is 393 g/mol. The molecule has 0 atom stereocenters. The molecule has 5 nitrogen and oxygen atoms in total. The zero-order chi connectivity index (χ0) is 15.3. The van der Waals surface area contributed by atoms with Gasteiger partial charge in [0.15, 0.2) is 5.96 Å². The van der Waals surface area contributed by atoms with E-state index in [1.165, 1.54) is 12.8 Å². The average molecular weight is 423 g/mol. The first kappa shape index (κ1) is 21.2. The van der Waals surface area contributed by atoms with E-state index in [0.717, 1.165) is 37.1 Å². The van der Waals surface area contributed by atoms with Crippen LogP contribution in [0, 0.1) is 5.92 Å². The highest BCUT2D eigenvalue weighted by Crippen LogP contribution is 2.02. The third kappa shape index (κ3) is 10.9. The molecule has 0 bridgehead atoms. The molecule has 0 radical (unpaired) electrons. The fourth-order valence-electron chi connectivity index (χ4n) is 1.89. The Hall–Kier alpha value is -0.760. The second-order valence-electron chi connectivity index (χ2n) is 5.45. The Bertz CT molecular complexity index is 381. The molecule has 0 saturated heterocycles. The monoisotopic (exact) mass is 423 g/mol. The Morgan fingerprint density at radius 3 is 2.59 bits per heavy atom. The van der Waals surface area contributed by atoms with Gasteiger partial charge in [-0.05, 0) is 37.3 Å². The maximum Gasteiger partial charge on any atom is 0.190 e. The number of furan rings is 1. The van der Waals surface area contributed by atoms with Crippen LogP contribution in [-0.2, 0) is 11.3 Å². The van der Waals surface area contributed by atoms with Gasteiger partial charge in [0.1, 0.15) is 12.4 Å². The van der Waals surface area contributed by atoms with Crippen LogP contribution >= 0.6 is 24.0 Å². The Labute approximate surface area is 151 Å². The van der Waals surface area contributed by atoms with E-state index in [4.69, 9.17) is 9.15 Å². The van der Waals surface area contributed by atoms with Crippen molar-refractivity contribution in [1.29, 1.82) is 0 Å². The van der Waals surface area contributed by atoms with Crippen molar-refractivity contribution >= 4 is 29.9 Å². The van der Waals surface area contributed by atoms with Gasteiger partial charge in [-0.25, -0.2) is 0 Å². The average Bonchev–Trinajstić information content (AvgIpc) is 2.97. The van der Waals surface area contributed by atoms with E-state index in [9.17, 15) is 0 Å². The van der Waals surface area contributed by atoms with E-state index in [0.29, 0.717) is 13.2 Å². The highest BCUT2D eigenvalue weighted by molar-refractivity contribution is 14.0. The molecule has 0 saturated carbocycles. The summed E-state index contributed by atoms with van der Waals surface area (Å²) < 4.78 is 10.7. The van der Waals surface area contributed by atoms with Crippen LogP contribution in [0.1, 0.15) is 38.9 Å². The van der Waals surface area contributed by atoms with Crippen molar-refractivity contribution in [2.45, 2.75) is 39.7 Å². The summed E-state index contributed by atoms with van der Waals surface area (Å²) in [7, 11) is 1.80. The molecule has 2 N–H and O–H groups in total. The van der Waals surface area contributed by atoms with Crippen LogP contribution in [0.25, 0.3) is 0 Å². The molecule has 0 aliphatic heterocycles. The Kier molecular flexibility index (Phi) is 13.4. The Morgan fingerprint density at radius 2 is 2.00 bits per heavy atom. The third-order valence-electron chi connectivity index (χ3n) is 3.06. The van der Waals surface area contributed by atoms with E-state index < -0.39 is 0 Å². The Balaban J connectivity index is 0.00000441. The van der Waals surface area contributed by atoms with Gasteiger partial charge in [-0.1, -0.05) is 13.8 Å². The lowest BCUT2D eigenvalue weighted by atomic mass is 10.1. The number of rotatable bonds is 10. The topological polar surface area (TPSA) is 58.8 Å². The fraction of sp³-hybridized carbons (Fsp3) is 0.688. The van der Waals surface area contributed by atoms with E-state index in [1.54, 1.807) is 13.3 Å². The molecule has 6 heteroatoms. The highest BCUT2D eigenvalue weighted by atomic mass is 127. The molecule has 22 heavy (non-hydrogen) atoms. The molecule has 0 fully saturated rings. The first-order valence-electron chi connectivity index (χ1n) is 7.77. The minimum absolute atomic E-state index is 0. The molecule has 0 aliphatic carbocycles. The summed E-state index contributed by atoms with van der Waals surface area (Å²) in [6, 6.07) is 3.79. The van der Waals surface area contributed by atoms with Crippen molar-refractivity contribution in [2.24, 2.45) is 10.9 Å².